The van der Waals surface area contributed by atoms with E-state index in [0.717, 1.165) is 51.4 Å². The van der Waals surface area contributed by atoms with Crippen molar-refractivity contribution < 1.29 is 38.1 Å². The van der Waals surface area contributed by atoms with E-state index in [9.17, 15) is 19.2 Å². The number of nitrogens with one attached hydrogen (secondary N) is 2. The van der Waals surface area contributed by atoms with Gasteiger partial charge in [-0.25, -0.2) is 9.59 Å². The van der Waals surface area contributed by atoms with Gasteiger partial charge in [-0.2, -0.15) is 0 Å². The number of ether oxygens (including phenoxy) is 4. The van der Waals surface area contributed by atoms with Gasteiger partial charge in [-0.1, -0.05) is 37.1 Å². The number of carbonyl (C=O) groups is 4. The zero-order valence-corrected chi connectivity index (χ0v) is 32.1. The Morgan fingerprint density at radius 2 is 0.940 bits per heavy atom. The Morgan fingerprint density at radius 1 is 0.560 bits per heavy atom. The summed E-state index contributed by atoms with van der Waals surface area (Å²) in [6, 6.07) is 0. The maximum Gasteiger partial charge on any atom is 0.407 e. The smallest absolute Gasteiger partial charge is 0.407 e. The van der Waals surface area contributed by atoms with Crippen LogP contribution in [0.5, 0.6) is 0 Å². The quantitative estimate of drug-likeness (QED) is 0.0524. The second-order valence-corrected chi connectivity index (χ2v) is 15.8. The summed E-state index contributed by atoms with van der Waals surface area (Å²) in [7, 11) is 0. The molecule has 2 amide bonds. The highest BCUT2D eigenvalue weighted by Crippen LogP contribution is 2.39. The number of alkyl carbamates (subject to hydrolysis) is 2. The summed E-state index contributed by atoms with van der Waals surface area (Å²) >= 11 is 0. The highest BCUT2D eigenvalue weighted by molar-refractivity contribution is 5.70. The van der Waals surface area contributed by atoms with Crippen LogP contribution in [0.4, 0.5) is 9.59 Å². The maximum absolute atomic E-state index is 12.4. The summed E-state index contributed by atoms with van der Waals surface area (Å²) in [5.74, 6) is 1.12. The molecule has 0 bridgehead atoms. The van der Waals surface area contributed by atoms with Crippen molar-refractivity contribution in [2.24, 2.45) is 23.7 Å². The monoisotopic (exact) mass is 704 g/mol. The summed E-state index contributed by atoms with van der Waals surface area (Å²) < 4.78 is 21.1. The highest BCUT2D eigenvalue weighted by Gasteiger charge is 2.37. The molecule has 2 rings (SSSR count). The van der Waals surface area contributed by atoms with Crippen molar-refractivity contribution in [3.8, 4) is 0 Å². The van der Waals surface area contributed by atoms with Crippen LogP contribution < -0.4 is 10.6 Å². The molecule has 50 heavy (non-hydrogen) atoms. The van der Waals surface area contributed by atoms with Crippen LogP contribution in [0, 0.1) is 23.7 Å². The lowest BCUT2D eigenvalue weighted by Crippen LogP contribution is -2.50. The van der Waals surface area contributed by atoms with Gasteiger partial charge in [0.15, 0.2) is 0 Å². The molecule has 2 aliphatic carbocycles. The largest absolute Gasteiger partial charge is 0.462 e. The standard InChI is InChI=1S/C40H68N2O8/c1-29(2)31-17-15-19-33(27-31)39(5,6)41-37(45)49-23-13-9-11-21-35(43)47-25-26-48-36(44)22-12-10-14-24-50-38(46)42-40(7,8)34-20-16-18-32(28-34)30(3)4/h31-34H,1,3,9-28H2,2,4-8H3,(H,41,45)(H,42,46). The van der Waals surface area contributed by atoms with Crippen LogP contribution in [0.3, 0.4) is 0 Å². The molecular weight excluding hydrogens is 636 g/mol. The topological polar surface area (TPSA) is 129 Å². The van der Waals surface area contributed by atoms with Crippen molar-refractivity contribution in [2.75, 3.05) is 26.4 Å². The van der Waals surface area contributed by atoms with E-state index < -0.39 is 12.2 Å². The first kappa shape index (κ1) is 43.1. The van der Waals surface area contributed by atoms with Crippen LogP contribution in [0.25, 0.3) is 0 Å². The number of unbranched alkanes of at least 4 members (excludes halogenated alkanes) is 4. The number of carbonyl (C=O) groups excluding carboxylic acids is 4. The Balaban J connectivity index is 1.42. The lowest BCUT2D eigenvalue weighted by Gasteiger charge is -2.40. The van der Waals surface area contributed by atoms with Gasteiger partial charge in [0.05, 0.1) is 13.2 Å². The molecule has 0 heterocycles. The van der Waals surface area contributed by atoms with Crippen LogP contribution >= 0.6 is 0 Å². The third kappa shape index (κ3) is 16.8. The van der Waals surface area contributed by atoms with E-state index in [-0.39, 0.29) is 49.1 Å². The fourth-order valence-electron chi connectivity index (χ4n) is 7.27. The Morgan fingerprint density at radius 3 is 1.30 bits per heavy atom. The fraction of sp³-hybridized carbons (Fsp3) is 0.800. The molecule has 2 aliphatic rings. The molecule has 2 fully saturated rings. The molecule has 10 nitrogen and oxygen atoms in total. The zero-order chi connectivity index (χ0) is 37.2. The SMILES string of the molecule is C=C(C)C1CCCC(C(C)(C)NC(=O)OCCCCCC(=O)OCCOC(=O)CCCCCOC(=O)NC(C)(C)C2CCCC(C(=C)C)C2)C1. The van der Waals surface area contributed by atoms with Gasteiger partial charge in [-0.3, -0.25) is 9.59 Å². The highest BCUT2D eigenvalue weighted by atomic mass is 16.6. The van der Waals surface area contributed by atoms with Crippen molar-refractivity contribution in [2.45, 2.75) is 155 Å². The zero-order valence-electron chi connectivity index (χ0n) is 32.1. The number of amides is 2. The minimum atomic E-state index is -0.401. The summed E-state index contributed by atoms with van der Waals surface area (Å²) in [4.78, 5) is 48.8. The van der Waals surface area contributed by atoms with E-state index in [1.807, 2.05) is 0 Å². The van der Waals surface area contributed by atoms with Gasteiger partial charge >= 0.3 is 24.1 Å². The van der Waals surface area contributed by atoms with Gasteiger partial charge in [0.25, 0.3) is 0 Å². The second-order valence-electron chi connectivity index (χ2n) is 15.8. The Labute approximate surface area is 302 Å². The van der Waals surface area contributed by atoms with E-state index in [2.05, 4.69) is 65.3 Å². The van der Waals surface area contributed by atoms with Crippen LogP contribution in [-0.2, 0) is 28.5 Å². The number of rotatable bonds is 21. The fourth-order valence-corrected chi connectivity index (χ4v) is 7.27. The first-order chi connectivity index (χ1) is 23.6. The first-order valence-corrected chi connectivity index (χ1v) is 19.1. The lowest BCUT2D eigenvalue weighted by molar-refractivity contribution is -0.152. The van der Waals surface area contributed by atoms with E-state index in [4.69, 9.17) is 18.9 Å². The summed E-state index contributed by atoms with van der Waals surface area (Å²) in [6.07, 6.45) is 12.6. The molecule has 4 unspecified atom stereocenters. The molecule has 286 valence electrons. The third-order valence-corrected chi connectivity index (χ3v) is 10.8. The van der Waals surface area contributed by atoms with Crippen LogP contribution in [0.1, 0.15) is 144 Å². The van der Waals surface area contributed by atoms with Crippen LogP contribution in [-0.4, -0.2) is 61.6 Å². The molecule has 2 N–H and O–H groups in total. The number of hydrogen-bond acceptors (Lipinski definition) is 8. The van der Waals surface area contributed by atoms with Gasteiger partial charge in [0, 0.05) is 23.9 Å². The second kappa shape index (κ2) is 22.0. The van der Waals surface area contributed by atoms with Gasteiger partial charge in [-0.05, 0) is 142 Å². The molecule has 0 aromatic carbocycles. The predicted molar refractivity (Wildman–Crippen MR) is 197 cm³/mol. The van der Waals surface area contributed by atoms with Crippen molar-refractivity contribution in [3.05, 3.63) is 24.3 Å². The molecule has 0 saturated heterocycles. The average Bonchev–Trinajstić information content (AvgIpc) is 3.06. The minimum absolute atomic E-state index is 0.0196. The Hall–Kier alpha value is -3.04. The molecule has 0 aromatic rings. The molecule has 2 saturated carbocycles. The number of allylic oxidation sites excluding steroid dienone is 2. The Bertz CT molecular complexity index is 1030. The summed E-state index contributed by atoms with van der Waals surface area (Å²) in [5.41, 5.74) is 1.75. The molecular formula is C40H68N2O8. The van der Waals surface area contributed by atoms with Crippen molar-refractivity contribution in [1.82, 2.24) is 10.6 Å². The van der Waals surface area contributed by atoms with Crippen LogP contribution in [0.15, 0.2) is 24.3 Å². The number of hydrogen-bond donors (Lipinski definition) is 2. The van der Waals surface area contributed by atoms with Crippen molar-refractivity contribution in [1.29, 1.82) is 0 Å². The van der Waals surface area contributed by atoms with Gasteiger partial charge in [0.2, 0.25) is 0 Å². The van der Waals surface area contributed by atoms with E-state index >= 15 is 0 Å². The molecule has 4 atom stereocenters. The first-order valence-electron chi connectivity index (χ1n) is 19.1. The van der Waals surface area contributed by atoms with Gasteiger partial charge in [0.1, 0.15) is 13.2 Å². The van der Waals surface area contributed by atoms with Gasteiger partial charge in [-0.15, -0.1) is 0 Å². The van der Waals surface area contributed by atoms with Crippen molar-refractivity contribution >= 4 is 24.1 Å². The average molecular weight is 705 g/mol. The predicted octanol–water partition coefficient (Wildman–Crippen LogP) is 8.97. The third-order valence-electron chi connectivity index (χ3n) is 10.8. The van der Waals surface area contributed by atoms with E-state index in [1.54, 1.807) is 0 Å². The van der Waals surface area contributed by atoms with Crippen molar-refractivity contribution in [3.63, 3.8) is 0 Å². The van der Waals surface area contributed by atoms with E-state index in [1.165, 1.54) is 24.0 Å². The lowest BCUT2D eigenvalue weighted by atomic mass is 9.71. The summed E-state index contributed by atoms with van der Waals surface area (Å²) in [5, 5.41) is 6.10. The molecule has 0 radical (unpaired) electrons. The van der Waals surface area contributed by atoms with Gasteiger partial charge < -0.3 is 29.6 Å². The Kier molecular flexibility index (Phi) is 19.0. The molecule has 10 heteroatoms. The molecule has 0 aromatic heterocycles. The molecule has 0 aliphatic heterocycles. The molecule has 0 spiro atoms. The van der Waals surface area contributed by atoms with E-state index in [0.29, 0.717) is 62.6 Å². The normalized spacial score (nSPS) is 21.0. The number of esters is 2. The summed E-state index contributed by atoms with van der Waals surface area (Å²) in [6.45, 7) is 21.3. The minimum Gasteiger partial charge on any atom is -0.462 e. The maximum atomic E-state index is 12.4. The van der Waals surface area contributed by atoms with Crippen LogP contribution in [0.2, 0.25) is 0 Å².